The summed E-state index contributed by atoms with van der Waals surface area (Å²) in [5, 5.41) is 12.2. The fraction of sp³-hybridized carbons (Fsp3) is 0.333. The molecule has 1 aromatic carbocycles. The predicted molar refractivity (Wildman–Crippen MR) is 80.0 cm³/mol. The molecule has 0 radical (unpaired) electrons. The van der Waals surface area contributed by atoms with Gasteiger partial charge in [-0.3, -0.25) is 0 Å². The van der Waals surface area contributed by atoms with Crippen molar-refractivity contribution in [2.75, 3.05) is 19.5 Å². The third-order valence-electron chi connectivity index (χ3n) is 3.07. The number of aryl methyl sites for hydroxylation is 1. The van der Waals surface area contributed by atoms with Crippen molar-refractivity contribution in [2.24, 2.45) is 0 Å². The smallest absolute Gasteiger partial charge is 0.227 e. The molecule has 0 spiro atoms. The summed E-state index contributed by atoms with van der Waals surface area (Å²) in [6.07, 6.45) is 0. The average Bonchev–Trinajstić information content (AvgIpc) is 2.50. The van der Waals surface area contributed by atoms with Gasteiger partial charge in [0.1, 0.15) is 11.6 Å². The maximum atomic E-state index is 9.16. The van der Waals surface area contributed by atoms with E-state index >= 15 is 0 Å². The molecule has 0 amide bonds. The minimum Gasteiger partial charge on any atom is -0.493 e. The first kappa shape index (κ1) is 15.1. The van der Waals surface area contributed by atoms with E-state index in [1.165, 1.54) is 0 Å². The predicted octanol–water partition coefficient (Wildman–Crippen LogP) is 2.43. The largest absolute Gasteiger partial charge is 0.493 e. The molecule has 0 bridgehead atoms. The Balaban J connectivity index is 2.40. The van der Waals surface area contributed by atoms with Crippen molar-refractivity contribution in [1.82, 2.24) is 9.97 Å². The van der Waals surface area contributed by atoms with Crippen molar-refractivity contribution in [3.63, 3.8) is 0 Å². The van der Waals surface area contributed by atoms with Crippen LogP contribution < -0.4 is 14.8 Å². The lowest BCUT2D eigenvalue weighted by Crippen LogP contribution is -2.03. The molecule has 0 aliphatic rings. The summed E-state index contributed by atoms with van der Waals surface area (Å²) in [6, 6.07) is 5.26. The number of anilines is 1. The minimum absolute atomic E-state index is 0.0494. The fourth-order valence-electron chi connectivity index (χ4n) is 1.94. The number of aliphatic hydroxyl groups excluding tert-OH is 1. The van der Waals surface area contributed by atoms with Gasteiger partial charge in [0.05, 0.1) is 19.3 Å². The first-order valence-electron chi connectivity index (χ1n) is 6.57. The molecule has 2 N–H and O–H groups in total. The Bertz CT molecular complexity index is 644. The van der Waals surface area contributed by atoms with Crippen molar-refractivity contribution in [3.05, 3.63) is 35.2 Å². The van der Waals surface area contributed by atoms with E-state index < -0.39 is 0 Å². The molecule has 0 saturated carbocycles. The van der Waals surface area contributed by atoms with Crippen LogP contribution in [0.15, 0.2) is 18.2 Å². The van der Waals surface area contributed by atoms with E-state index in [9.17, 15) is 0 Å². The van der Waals surface area contributed by atoms with Crippen molar-refractivity contribution < 1.29 is 14.6 Å². The van der Waals surface area contributed by atoms with Gasteiger partial charge < -0.3 is 19.9 Å². The Hall–Kier alpha value is -2.34. The normalized spacial score (nSPS) is 10.3. The SMILES string of the molecule is CNc1nc(C)nc(Oc2ccc(CO)cc2OC)c1C. The highest BCUT2D eigenvalue weighted by Crippen LogP contribution is 2.34. The molecule has 0 unspecified atom stereocenters. The monoisotopic (exact) mass is 289 g/mol. The average molecular weight is 289 g/mol. The van der Waals surface area contributed by atoms with Gasteiger partial charge in [-0.05, 0) is 31.5 Å². The quantitative estimate of drug-likeness (QED) is 0.880. The standard InChI is InChI=1S/C15H19N3O3/c1-9-14(16-3)17-10(2)18-15(9)21-12-6-5-11(8-19)7-13(12)20-4/h5-7,19H,8H2,1-4H3,(H,16,17,18). The van der Waals surface area contributed by atoms with Crippen LogP contribution in [0.4, 0.5) is 5.82 Å². The van der Waals surface area contributed by atoms with E-state index in [1.807, 2.05) is 6.92 Å². The minimum atomic E-state index is -0.0494. The summed E-state index contributed by atoms with van der Waals surface area (Å²) in [7, 11) is 3.36. The summed E-state index contributed by atoms with van der Waals surface area (Å²) in [5.41, 5.74) is 1.57. The zero-order valence-corrected chi connectivity index (χ0v) is 12.6. The van der Waals surface area contributed by atoms with Gasteiger partial charge in [-0.15, -0.1) is 0 Å². The van der Waals surface area contributed by atoms with Crippen molar-refractivity contribution in [1.29, 1.82) is 0 Å². The second-order valence-electron chi connectivity index (χ2n) is 4.54. The molecule has 112 valence electrons. The molecule has 0 fully saturated rings. The Morgan fingerprint density at radius 1 is 1.19 bits per heavy atom. The number of methoxy groups -OCH3 is 1. The van der Waals surface area contributed by atoms with Crippen molar-refractivity contribution in [2.45, 2.75) is 20.5 Å². The Labute approximate surface area is 123 Å². The van der Waals surface area contributed by atoms with Crippen molar-refractivity contribution in [3.8, 4) is 17.4 Å². The Morgan fingerprint density at radius 3 is 2.57 bits per heavy atom. The molecule has 2 aromatic rings. The highest BCUT2D eigenvalue weighted by atomic mass is 16.5. The third-order valence-corrected chi connectivity index (χ3v) is 3.07. The van der Waals surface area contributed by atoms with E-state index in [2.05, 4.69) is 15.3 Å². The summed E-state index contributed by atoms with van der Waals surface area (Å²) < 4.78 is 11.1. The molecule has 1 heterocycles. The lowest BCUT2D eigenvalue weighted by molar-refractivity contribution is 0.280. The summed E-state index contributed by atoms with van der Waals surface area (Å²) >= 11 is 0. The van der Waals surface area contributed by atoms with Gasteiger partial charge in [-0.2, -0.15) is 4.98 Å². The molecule has 1 aromatic heterocycles. The van der Waals surface area contributed by atoms with E-state index in [4.69, 9.17) is 14.6 Å². The van der Waals surface area contributed by atoms with Gasteiger partial charge in [0.2, 0.25) is 5.88 Å². The molecule has 21 heavy (non-hydrogen) atoms. The van der Waals surface area contributed by atoms with E-state index in [-0.39, 0.29) is 6.61 Å². The van der Waals surface area contributed by atoms with Crippen LogP contribution in [0.5, 0.6) is 17.4 Å². The maximum absolute atomic E-state index is 9.16. The van der Waals surface area contributed by atoms with E-state index in [0.717, 1.165) is 16.9 Å². The molecule has 0 aliphatic heterocycles. The maximum Gasteiger partial charge on any atom is 0.227 e. The number of hydrogen-bond donors (Lipinski definition) is 2. The first-order chi connectivity index (χ1) is 10.1. The van der Waals surface area contributed by atoms with Crippen LogP contribution in [0.1, 0.15) is 17.0 Å². The van der Waals surface area contributed by atoms with Crippen LogP contribution in [0.3, 0.4) is 0 Å². The third kappa shape index (κ3) is 3.22. The zero-order chi connectivity index (χ0) is 15.4. The van der Waals surface area contributed by atoms with Crippen LogP contribution >= 0.6 is 0 Å². The number of aromatic nitrogens is 2. The van der Waals surface area contributed by atoms with Gasteiger partial charge in [-0.25, -0.2) is 4.98 Å². The molecule has 6 nitrogen and oxygen atoms in total. The molecular weight excluding hydrogens is 270 g/mol. The fourth-order valence-corrected chi connectivity index (χ4v) is 1.94. The van der Waals surface area contributed by atoms with Gasteiger partial charge in [0.25, 0.3) is 0 Å². The highest BCUT2D eigenvalue weighted by Gasteiger charge is 2.13. The second-order valence-corrected chi connectivity index (χ2v) is 4.54. The van der Waals surface area contributed by atoms with Gasteiger partial charge in [0.15, 0.2) is 11.5 Å². The molecule has 0 aliphatic carbocycles. The molecule has 0 saturated heterocycles. The summed E-state index contributed by atoms with van der Waals surface area (Å²) in [6.45, 7) is 3.64. The van der Waals surface area contributed by atoms with Crippen LogP contribution in [0.25, 0.3) is 0 Å². The van der Waals surface area contributed by atoms with Gasteiger partial charge in [-0.1, -0.05) is 6.07 Å². The molecule has 0 atom stereocenters. The second kappa shape index (κ2) is 6.41. The first-order valence-corrected chi connectivity index (χ1v) is 6.57. The number of ether oxygens (including phenoxy) is 2. The molecule has 2 rings (SSSR count). The zero-order valence-electron chi connectivity index (χ0n) is 12.6. The van der Waals surface area contributed by atoms with Crippen LogP contribution in [-0.4, -0.2) is 29.2 Å². The van der Waals surface area contributed by atoms with Crippen molar-refractivity contribution >= 4 is 5.82 Å². The van der Waals surface area contributed by atoms with Crippen LogP contribution in [0, 0.1) is 13.8 Å². The molecular formula is C15H19N3O3. The Kier molecular flexibility index (Phi) is 4.59. The van der Waals surface area contributed by atoms with Gasteiger partial charge in [0, 0.05) is 7.05 Å². The van der Waals surface area contributed by atoms with E-state index in [0.29, 0.717) is 23.2 Å². The number of nitrogens with one attached hydrogen (secondary N) is 1. The lowest BCUT2D eigenvalue weighted by atomic mass is 10.2. The molecule has 6 heteroatoms. The van der Waals surface area contributed by atoms with Gasteiger partial charge >= 0.3 is 0 Å². The topological polar surface area (TPSA) is 76.5 Å². The summed E-state index contributed by atoms with van der Waals surface area (Å²) in [5.74, 6) is 2.90. The lowest BCUT2D eigenvalue weighted by Gasteiger charge is -2.14. The summed E-state index contributed by atoms with van der Waals surface area (Å²) in [4.78, 5) is 8.61. The number of aliphatic hydroxyl groups is 1. The number of nitrogens with zero attached hydrogens (tertiary/aromatic N) is 2. The number of hydrogen-bond acceptors (Lipinski definition) is 6. The number of benzene rings is 1. The van der Waals surface area contributed by atoms with Crippen LogP contribution in [0.2, 0.25) is 0 Å². The van der Waals surface area contributed by atoms with E-state index in [1.54, 1.807) is 39.3 Å². The highest BCUT2D eigenvalue weighted by molar-refractivity contribution is 5.51. The van der Waals surface area contributed by atoms with Crippen LogP contribution in [-0.2, 0) is 6.61 Å². The Morgan fingerprint density at radius 2 is 1.95 bits per heavy atom. The number of rotatable bonds is 5.